The molecule has 1 saturated carbocycles. The average molecular weight is 334 g/mol. The van der Waals surface area contributed by atoms with Gasteiger partial charge in [-0.05, 0) is 24.3 Å². The van der Waals surface area contributed by atoms with Crippen LogP contribution in [-0.2, 0) is 9.53 Å². The molecule has 24 heavy (non-hydrogen) atoms. The number of esters is 1. The van der Waals surface area contributed by atoms with Gasteiger partial charge in [0.1, 0.15) is 5.56 Å². The molecule has 130 valence electrons. The molecule has 2 rings (SSSR count). The molecule has 1 aliphatic carbocycles. The Morgan fingerprint density at radius 3 is 2.71 bits per heavy atom. The standard InChI is InChI=1S/C17H22N2O5/c1-11-6-5-8-14(12(11)2)18-16(20)10-24-17(21)13-7-3-4-9-15(13)19(22)23/h3-4,7,9,11-12,14H,5-6,8,10H2,1-2H3,(H,18,20)/t11-,12+,14-/m1/s1. The maximum absolute atomic E-state index is 12.0. The van der Waals surface area contributed by atoms with E-state index >= 15 is 0 Å². The zero-order valence-corrected chi connectivity index (χ0v) is 13.9. The summed E-state index contributed by atoms with van der Waals surface area (Å²) in [7, 11) is 0. The lowest BCUT2D eigenvalue weighted by molar-refractivity contribution is -0.385. The predicted octanol–water partition coefficient (Wildman–Crippen LogP) is 2.69. The van der Waals surface area contributed by atoms with Gasteiger partial charge >= 0.3 is 5.97 Å². The Morgan fingerprint density at radius 1 is 1.29 bits per heavy atom. The Morgan fingerprint density at radius 2 is 2.00 bits per heavy atom. The summed E-state index contributed by atoms with van der Waals surface area (Å²) in [5, 5.41) is 13.8. The molecule has 1 N–H and O–H groups in total. The van der Waals surface area contributed by atoms with Crippen LogP contribution in [0.25, 0.3) is 0 Å². The van der Waals surface area contributed by atoms with Gasteiger partial charge in [0.2, 0.25) is 0 Å². The van der Waals surface area contributed by atoms with Crippen LogP contribution in [0.3, 0.4) is 0 Å². The van der Waals surface area contributed by atoms with Crippen molar-refractivity contribution in [3.63, 3.8) is 0 Å². The number of carbonyl (C=O) groups is 2. The van der Waals surface area contributed by atoms with Crippen molar-refractivity contribution in [2.24, 2.45) is 11.8 Å². The number of para-hydroxylation sites is 1. The van der Waals surface area contributed by atoms with Crippen LogP contribution in [0.1, 0.15) is 43.5 Å². The van der Waals surface area contributed by atoms with Gasteiger partial charge in [-0.1, -0.05) is 38.8 Å². The molecule has 0 saturated heterocycles. The van der Waals surface area contributed by atoms with E-state index in [2.05, 4.69) is 19.2 Å². The molecule has 0 unspecified atom stereocenters. The lowest BCUT2D eigenvalue weighted by Crippen LogP contribution is -2.45. The second-order valence-corrected chi connectivity index (χ2v) is 6.29. The van der Waals surface area contributed by atoms with Crippen molar-refractivity contribution in [1.29, 1.82) is 0 Å². The second kappa shape index (κ2) is 7.90. The number of amides is 1. The Kier molecular flexibility index (Phi) is 5.89. The number of benzene rings is 1. The molecule has 7 heteroatoms. The van der Waals surface area contributed by atoms with Crippen molar-refractivity contribution in [3.8, 4) is 0 Å². The number of nitro benzene ring substituents is 1. The minimum absolute atomic E-state index is 0.0750. The van der Waals surface area contributed by atoms with Crippen LogP contribution in [0.15, 0.2) is 24.3 Å². The first-order valence-corrected chi connectivity index (χ1v) is 8.10. The second-order valence-electron chi connectivity index (χ2n) is 6.29. The minimum atomic E-state index is -0.873. The highest BCUT2D eigenvalue weighted by molar-refractivity contribution is 5.95. The SMILES string of the molecule is C[C@H]1[C@H](C)CCC[C@H]1NC(=O)COC(=O)c1ccccc1[N+](=O)[O-]. The van der Waals surface area contributed by atoms with Gasteiger partial charge < -0.3 is 10.1 Å². The molecule has 1 aliphatic rings. The van der Waals surface area contributed by atoms with Crippen molar-refractivity contribution in [2.75, 3.05) is 6.61 Å². The monoisotopic (exact) mass is 334 g/mol. The molecule has 1 amide bonds. The number of hydrogen-bond acceptors (Lipinski definition) is 5. The highest BCUT2D eigenvalue weighted by Crippen LogP contribution is 2.29. The first kappa shape index (κ1) is 17.9. The Hall–Kier alpha value is -2.44. The number of rotatable bonds is 5. The number of ether oxygens (including phenoxy) is 1. The van der Waals surface area contributed by atoms with Crippen molar-refractivity contribution in [1.82, 2.24) is 5.32 Å². The van der Waals surface area contributed by atoms with Crippen molar-refractivity contribution in [2.45, 2.75) is 39.2 Å². The van der Waals surface area contributed by atoms with E-state index in [9.17, 15) is 19.7 Å². The van der Waals surface area contributed by atoms with Crippen molar-refractivity contribution >= 4 is 17.6 Å². The van der Waals surface area contributed by atoms with Gasteiger partial charge in [-0.3, -0.25) is 14.9 Å². The Bertz CT molecular complexity index is 631. The van der Waals surface area contributed by atoms with E-state index in [-0.39, 0.29) is 23.2 Å². The van der Waals surface area contributed by atoms with E-state index in [1.165, 1.54) is 24.3 Å². The van der Waals surface area contributed by atoms with Crippen LogP contribution in [0.2, 0.25) is 0 Å². The predicted molar refractivity (Wildman–Crippen MR) is 87.5 cm³/mol. The summed E-state index contributed by atoms with van der Waals surface area (Å²) in [6, 6.07) is 5.58. The fraction of sp³-hybridized carbons (Fsp3) is 0.529. The lowest BCUT2D eigenvalue weighted by Gasteiger charge is -2.34. The maximum atomic E-state index is 12.0. The molecular formula is C17H22N2O5. The third-order valence-electron chi connectivity index (χ3n) is 4.71. The zero-order chi connectivity index (χ0) is 17.7. The molecule has 7 nitrogen and oxygen atoms in total. The smallest absolute Gasteiger partial charge is 0.345 e. The van der Waals surface area contributed by atoms with Gasteiger partial charge in [-0.2, -0.15) is 0 Å². The molecule has 1 aromatic carbocycles. The van der Waals surface area contributed by atoms with Gasteiger partial charge in [-0.15, -0.1) is 0 Å². The summed E-state index contributed by atoms with van der Waals surface area (Å²) < 4.78 is 4.93. The summed E-state index contributed by atoms with van der Waals surface area (Å²) >= 11 is 0. The van der Waals surface area contributed by atoms with Gasteiger partial charge in [0.15, 0.2) is 6.61 Å². The summed E-state index contributed by atoms with van der Waals surface area (Å²) in [5.74, 6) is -0.345. The first-order valence-electron chi connectivity index (χ1n) is 8.10. The molecule has 0 heterocycles. The normalized spacial score (nSPS) is 23.3. The highest BCUT2D eigenvalue weighted by Gasteiger charge is 2.28. The summed E-state index contributed by atoms with van der Waals surface area (Å²) in [6.07, 6.45) is 3.13. The molecule has 0 spiro atoms. The number of nitrogens with one attached hydrogen (secondary N) is 1. The average Bonchev–Trinajstić information content (AvgIpc) is 2.56. The minimum Gasteiger partial charge on any atom is -0.452 e. The largest absolute Gasteiger partial charge is 0.452 e. The van der Waals surface area contributed by atoms with Crippen LogP contribution in [0.5, 0.6) is 0 Å². The van der Waals surface area contributed by atoms with Crippen LogP contribution in [0, 0.1) is 22.0 Å². The van der Waals surface area contributed by atoms with Crippen molar-refractivity contribution < 1.29 is 19.2 Å². The summed E-state index contributed by atoms with van der Waals surface area (Å²) in [5.41, 5.74) is -0.493. The van der Waals surface area contributed by atoms with Gasteiger partial charge in [-0.25, -0.2) is 4.79 Å². The molecule has 0 radical (unpaired) electrons. The van der Waals surface area contributed by atoms with Crippen LogP contribution >= 0.6 is 0 Å². The van der Waals surface area contributed by atoms with E-state index in [4.69, 9.17) is 4.74 Å². The topological polar surface area (TPSA) is 98.5 Å². The molecule has 0 aromatic heterocycles. The Labute approximate surface area is 140 Å². The molecular weight excluding hydrogens is 312 g/mol. The molecule has 1 aromatic rings. The fourth-order valence-electron chi connectivity index (χ4n) is 3.05. The number of hydrogen-bond donors (Lipinski definition) is 1. The van der Waals surface area contributed by atoms with E-state index in [0.29, 0.717) is 11.8 Å². The van der Waals surface area contributed by atoms with Crippen molar-refractivity contribution in [3.05, 3.63) is 39.9 Å². The number of nitro groups is 1. The summed E-state index contributed by atoms with van der Waals surface area (Å²) in [4.78, 5) is 34.2. The van der Waals surface area contributed by atoms with Gasteiger partial charge in [0.05, 0.1) is 4.92 Å². The molecule has 0 aliphatic heterocycles. The third-order valence-corrected chi connectivity index (χ3v) is 4.71. The third kappa shape index (κ3) is 4.31. The lowest BCUT2D eigenvalue weighted by atomic mass is 9.78. The zero-order valence-electron chi connectivity index (χ0n) is 13.9. The fourth-order valence-corrected chi connectivity index (χ4v) is 3.05. The maximum Gasteiger partial charge on any atom is 0.345 e. The quantitative estimate of drug-likeness (QED) is 0.507. The molecule has 1 fully saturated rings. The molecule has 0 bridgehead atoms. The van der Waals surface area contributed by atoms with Crippen LogP contribution < -0.4 is 5.32 Å². The van der Waals surface area contributed by atoms with E-state index in [0.717, 1.165) is 19.3 Å². The summed E-state index contributed by atoms with van der Waals surface area (Å²) in [6.45, 7) is 3.83. The number of carbonyl (C=O) groups excluding carboxylic acids is 2. The first-order chi connectivity index (χ1) is 11.4. The van der Waals surface area contributed by atoms with Gasteiger partial charge in [0, 0.05) is 12.1 Å². The van der Waals surface area contributed by atoms with Crippen LogP contribution in [-0.4, -0.2) is 29.4 Å². The van der Waals surface area contributed by atoms with E-state index < -0.39 is 17.5 Å². The van der Waals surface area contributed by atoms with E-state index in [1.807, 2.05) is 0 Å². The van der Waals surface area contributed by atoms with Gasteiger partial charge in [0.25, 0.3) is 11.6 Å². The molecule has 3 atom stereocenters. The Balaban J connectivity index is 1.90. The number of nitrogens with zero attached hydrogens (tertiary/aromatic N) is 1. The highest BCUT2D eigenvalue weighted by atomic mass is 16.6. The van der Waals surface area contributed by atoms with E-state index in [1.54, 1.807) is 0 Å². The van der Waals surface area contributed by atoms with Crippen LogP contribution in [0.4, 0.5) is 5.69 Å².